The van der Waals surface area contributed by atoms with Crippen LogP contribution in [-0.4, -0.2) is 49.3 Å². The van der Waals surface area contributed by atoms with Crippen LogP contribution in [-0.2, 0) is 0 Å². The lowest BCUT2D eigenvalue weighted by molar-refractivity contribution is 0.276. The van der Waals surface area contributed by atoms with E-state index in [1.165, 1.54) is 0 Å². The molecule has 0 amide bonds. The Morgan fingerprint density at radius 3 is 1.55 bits per heavy atom. The molecule has 0 unspecified atom stereocenters. The summed E-state index contributed by atoms with van der Waals surface area (Å²) in [7, 11) is -3.23. The summed E-state index contributed by atoms with van der Waals surface area (Å²) in [4.78, 5) is 17.7. The third-order valence-electron chi connectivity index (χ3n) is 9.04. The third kappa shape index (κ3) is 11.6. The van der Waals surface area contributed by atoms with Crippen LogP contribution >= 0.6 is 0 Å². The van der Waals surface area contributed by atoms with E-state index in [1.807, 2.05) is 30.4 Å². The second-order valence-corrected chi connectivity index (χ2v) is 27.1. The van der Waals surface area contributed by atoms with Crippen molar-refractivity contribution in [2.45, 2.75) is 79.8 Å². The van der Waals surface area contributed by atoms with Crippen LogP contribution in [0.1, 0.15) is 74.4 Å². The zero-order valence-electron chi connectivity index (χ0n) is 35.6. The van der Waals surface area contributed by atoms with Crippen molar-refractivity contribution in [3.8, 4) is 69.2 Å². The van der Waals surface area contributed by atoms with Gasteiger partial charge in [-0.3, -0.25) is 0 Å². The fourth-order valence-electron chi connectivity index (χ4n) is 6.04. The number of hydrogen-bond donors (Lipinski definition) is 2. The van der Waals surface area contributed by atoms with Crippen molar-refractivity contribution in [3.05, 3.63) is 82.4 Å². The third-order valence-corrected chi connectivity index (χ3v) is 10.8. The van der Waals surface area contributed by atoms with Crippen molar-refractivity contribution in [3.63, 3.8) is 0 Å². The summed E-state index contributed by atoms with van der Waals surface area (Å²) in [5.74, 6) is 21.8. The number of rotatable bonds is 9. The molecule has 2 aliphatic heterocycles. The maximum absolute atomic E-state index is 6.37. The molecule has 3 aromatic heterocycles. The molecular formula is C50H54N4O2Si2. The number of nitrogens with one attached hydrogen (secondary N) is 2. The largest absolute Gasteiger partial charge is 0.493 e. The van der Waals surface area contributed by atoms with Crippen molar-refractivity contribution in [1.82, 2.24) is 19.9 Å². The van der Waals surface area contributed by atoms with Gasteiger partial charge in [-0.1, -0.05) is 67.0 Å². The van der Waals surface area contributed by atoms with Crippen molar-refractivity contribution in [1.29, 1.82) is 0 Å². The number of fused-ring (bicyclic) bond motifs is 8. The average molecular weight is 799 g/mol. The summed E-state index contributed by atoms with van der Waals surface area (Å²) >= 11 is 0. The zero-order valence-corrected chi connectivity index (χ0v) is 37.6. The molecule has 5 heterocycles. The Hall–Kier alpha value is -5.91. The van der Waals surface area contributed by atoms with Crippen LogP contribution in [0.3, 0.4) is 0 Å². The molecule has 6 nitrogen and oxygen atoms in total. The molecule has 2 aliphatic rings. The Morgan fingerprint density at radius 2 is 1.02 bits per heavy atom. The van der Waals surface area contributed by atoms with Crippen molar-refractivity contribution in [2.75, 3.05) is 13.2 Å². The topological polar surface area (TPSA) is 75.8 Å². The minimum atomic E-state index is -1.64. The number of aromatic nitrogens is 4. The van der Waals surface area contributed by atoms with Gasteiger partial charge in [-0.15, -0.1) is 11.1 Å². The molecule has 8 heteroatoms. The molecule has 4 aromatic rings. The zero-order chi connectivity index (χ0) is 41.5. The van der Waals surface area contributed by atoms with E-state index in [0.29, 0.717) is 42.0 Å². The van der Waals surface area contributed by atoms with Crippen LogP contribution in [0.5, 0.6) is 11.5 Å². The lowest BCUT2D eigenvalue weighted by Crippen LogP contribution is -2.16. The number of ether oxygens (including phenoxy) is 2. The summed E-state index contributed by atoms with van der Waals surface area (Å²) in [5, 5.41) is 0. The van der Waals surface area contributed by atoms with E-state index in [9.17, 15) is 0 Å². The monoisotopic (exact) mass is 798 g/mol. The van der Waals surface area contributed by atoms with Gasteiger partial charge in [0.25, 0.3) is 0 Å². The molecule has 0 spiro atoms. The first-order chi connectivity index (χ1) is 27.6. The summed E-state index contributed by atoms with van der Waals surface area (Å²) in [6.07, 6.45) is 9.95. The first-order valence-corrected chi connectivity index (χ1v) is 27.2. The van der Waals surface area contributed by atoms with Crippen molar-refractivity contribution < 1.29 is 9.47 Å². The van der Waals surface area contributed by atoms with E-state index in [1.54, 1.807) is 0 Å². The first kappa shape index (κ1) is 41.7. The summed E-state index contributed by atoms with van der Waals surface area (Å²) < 4.78 is 12.7. The van der Waals surface area contributed by atoms with Crippen LogP contribution in [0.25, 0.3) is 57.5 Å². The standard InChI is InChI=1S/C50H54N4O2Si2/c1-35(2)25-27-55-40-31-37(32-41(34-40)56-28-26-36(3)4)50-48-20-18-39(52-48)33-38-17-19-44(51-38)42(15-11-13-29-57(5,6)7)45-21-22-46(53-45)43(47-23-24-49(50)54-47)16-12-14-30-58(8,9)10/h17-24,31-36,51-52H,25-28H2,1-10H3. The molecule has 6 rings (SSSR count). The molecule has 0 saturated heterocycles. The molecule has 0 aliphatic carbocycles. The van der Waals surface area contributed by atoms with Crippen LogP contribution in [0, 0.1) is 58.4 Å². The van der Waals surface area contributed by atoms with Gasteiger partial charge in [0.1, 0.15) is 27.6 Å². The van der Waals surface area contributed by atoms with E-state index in [4.69, 9.17) is 19.4 Å². The Kier molecular flexibility index (Phi) is 13.0. The molecule has 0 radical (unpaired) electrons. The highest BCUT2D eigenvalue weighted by atomic mass is 28.3. The average Bonchev–Trinajstić information content (AvgIpc) is 3.97. The second-order valence-electron chi connectivity index (χ2n) is 17.6. The highest BCUT2D eigenvalue weighted by Crippen LogP contribution is 2.36. The van der Waals surface area contributed by atoms with Crippen molar-refractivity contribution in [2.24, 2.45) is 11.8 Å². The van der Waals surface area contributed by atoms with Crippen LogP contribution in [0.2, 0.25) is 39.3 Å². The minimum absolute atomic E-state index is 0.526. The summed E-state index contributed by atoms with van der Waals surface area (Å²) in [6, 6.07) is 16.6. The Balaban J connectivity index is 1.65. The molecule has 294 valence electrons. The fraction of sp³-hybridized carbons (Fsp3) is 0.320. The Labute approximate surface area is 347 Å². The van der Waals surface area contributed by atoms with E-state index in [0.717, 1.165) is 74.5 Å². The highest BCUT2D eigenvalue weighted by Gasteiger charge is 2.18. The van der Waals surface area contributed by atoms with Gasteiger partial charge >= 0.3 is 0 Å². The normalized spacial score (nSPS) is 11.9. The molecule has 0 atom stereocenters. The SMILES string of the molecule is CC(C)CCOc1cc(OCCC(C)C)cc(-c2c3nc(c(C#CC#C[Si](C)(C)C)c4nc(c(C#CC#C[Si](C)(C)C)c5ccc(cc6ccc2[nH]6)[nH]5)C=C4)C=C3)c1. The lowest BCUT2D eigenvalue weighted by atomic mass is 10.0. The predicted octanol–water partition coefficient (Wildman–Crippen LogP) is 11.6. The van der Waals surface area contributed by atoms with E-state index < -0.39 is 16.1 Å². The quantitative estimate of drug-likeness (QED) is 0.113. The number of benzene rings is 1. The molecule has 8 bridgehead atoms. The van der Waals surface area contributed by atoms with Gasteiger partial charge in [-0.2, -0.15) is 0 Å². The highest BCUT2D eigenvalue weighted by molar-refractivity contribution is 6.84. The molecular weight excluding hydrogens is 745 g/mol. The van der Waals surface area contributed by atoms with E-state index in [2.05, 4.69) is 166 Å². The molecule has 0 fully saturated rings. The Morgan fingerprint density at radius 1 is 0.552 bits per heavy atom. The number of hydrogen-bond acceptors (Lipinski definition) is 4. The smallest absolute Gasteiger partial charge is 0.130 e. The van der Waals surface area contributed by atoms with Crippen LogP contribution in [0.15, 0.2) is 48.5 Å². The minimum Gasteiger partial charge on any atom is -0.493 e. The van der Waals surface area contributed by atoms with Gasteiger partial charge in [0.05, 0.1) is 52.6 Å². The number of aromatic amines is 2. The summed E-state index contributed by atoms with van der Waals surface area (Å²) in [5.41, 5.74) is 16.6. The van der Waals surface area contributed by atoms with E-state index in [-0.39, 0.29) is 0 Å². The fourth-order valence-corrected chi connectivity index (χ4v) is 6.91. The second kappa shape index (κ2) is 18.1. The lowest BCUT2D eigenvalue weighted by Gasteiger charge is -2.14. The van der Waals surface area contributed by atoms with Crippen LogP contribution in [0.4, 0.5) is 0 Å². The molecule has 1 aromatic carbocycles. The van der Waals surface area contributed by atoms with E-state index >= 15 is 0 Å². The van der Waals surface area contributed by atoms with Gasteiger partial charge in [0.2, 0.25) is 0 Å². The maximum atomic E-state index is 6.37. The van der Waals surface area contributed by atoms with Gasteiger partial charge in [0.15, 0.2) is 0 Å². The number of H-pyrrole nitrogens is 2. The van der Waals surface area contributed by atoms with Gasteiger partial charge in [-0.05, 0) is 133 Å². The molecule has 2 N–H and O–H groups in total. The molecule has 58 heavy (non-hydrogen) atoms. The Bertz CT molecular complexity index is 2660. The maximum Gasteiger partial charge on any atom is 0.130 e. The van der Waals surface area contributed by atoms with Gasteiger partial charge in [-0.25, -0.2) is 9.97 Å². The van der Waals surface area contributed by atoms with Crippen LogP contribution < -0.4 is 9.47 Å². The van der Waals surface area contributed by atoms with Gasteiger partial charge in [0, 0.05) is 28.2 Å². The number of nitrogens with zero attached hydrogens (tertiary/aromatic N) is 2. The molecule has 0 saturated carbocycles. The van der Waals surface area contributed by atoms with Crippen molar-refractivity contribution >= 4 is 62.5 Å². The first-order valence-electron chi connectivity index (χ1n) is 20.2. The van der Waals surface area contributed by atoms with Gasteiger partial charge < -0.3 is 19.4 Å². The predicted molar refractivity (Wildman–Crippen MR) is 250 cm³/mol. The summed E-state index contributed by atoms with van der Waals surface area (Å²) in [6.45, 7) is 23.3.